The summed E-state index contributed by atoms with van der Waals surface area (Å²) in [5.41, 5.74) is 1.35. The molecule has 4 rings (SSSR count). The number of rotatable bonds is 12. The van der Waals surface area contributed by atoms with E-state index in [0.29, 0.717) is 0 Å². The fraction of sp³-hybridized carbons (Fsp3) is 0.250. The molecule has 0 aliphatic rings. The summed E-state index contributed by atoms with van der Waals surface area (Å²) in [5.74, 6) is 0.196. The van der Waals surface area contributed by atoms with Crippen molar-refractivity contribution in [2.45, 2.75) is 56.8 Å². The Labute approximate surface area is 229 Å². The molecule has 1 N–H and O–H groups in total. The Balaban J connectivity index is 1.75. The maximum Gasteiger partial charge on any atom is 0.0745 e. The van der Waals surface area contributed by atoms with Gasteiger partial charge in [0.15, 0.2) is 0 Å². The SMILES string of the molecule is C[C@@H](O)[C@@H](Sc1ccccc1)[C@H](C)C(CCc1ccccc1)(Sc1ccccc1)Sc1ccccc1. The number of aliphatic hydroxyl groups is 1. The van der Waals surface area contributed by atoms with Crippen LogP contribution >= 0.6 is 35.3 Å². The quantitative estimate of drug-likeness (QED) is 0.145. The van der Waals surface area contributed by atoms with Crippen molar-refractivity contribution in [3.63, 3.8) is 0 Å². The highest BCUT2D eigenvalue weighted by Crippen LogP contribution is 2.56. The second-order valence-electron chi connectivity index (χ2n) is 9.05. The first kappa shape index (κ1) is 26.9. The van der Waals surface area contributed by atoms with Gasteiger partial charge < -0.3 is 5.11 Å². The van der Waals surface area contributed by atoms with Crippen molar-refractivity contribution in [3.05, 3.63) is 127 Å². The normalized spacial score (nSPS) is 14.2. The lowest BCUT2D eigenvalue weighted by atomic mass is 9.94. The van der Waals surface area contributed by atoms with Gasteiger partial charge in [-0.1, -0.05) is 91.9 Å². The van der Waals surface area contributed by atoms with E-state index >= 15 is 0 Å². The second-order valence-corrected chi connectivity index (χ2v) is 13.4. The third-order valence-corrected chi connectivity index (χ3v) is 11.3. The van der Waals surface area contributed by atoms with Crippen molar-refractivity contribution in [2.75, 3.05) is 0 Å². The van der Waals surface area contributed by atoms with Gasteiger partial charge in [0.1, 0.15) is 0 Å². The summed E-state index contributed by atoms with van der Waals surface area (Å²) in [6.07, 6.45) is 1.51. The molecular weight excluding hydrogens is 497 g/mol. The van der Waals surface area contributed by atoms with Crippen molar-refractivity contribution >= 4 is 35.3 Å². The van der Waals surface area contributed by atoms with Gasteiger partial charge in [-0.05, 0) is 67.6 Å². The highest BCUT2D eigenvalue weighted by atomic mass is 32.2. The average molecular weight is 531 g/mol. The van der Waals surface area contributed by atoms with E-state index in [0.717, 1.165) is 12.8 Å². The second kappa shape index (κ2) is 13.4. The molecule has 0 saturated heterocycles. The fourth-order valence-corrected chi connectivity index (χ4v) is 9.04. The fourth-order valence-electron chi connectivity index (χ4n) is 4.40. The lowest BCUT2D eigenvalue weighted by Crippen LogP contribution is -2.41. The molecule has 0 saturated carbocycles. The van der Waals surface area contributed by atoms with E-state index in [9.17, 15) is 5.11 Å². The molecule has 186 valence electrons. The Bertz CT molecular complexity index is 1110. The van der Waals surface area contributed by atoms with Crippen LogP contribution in [0.2, 0.25) is 0 Å². The molecule has 4 aromatic carbocycles. The van der Waals surface area contributed by atoms with Crippen molar-refractivity contribution in [2.24, 2.45) is 5.92 Å². The Morgan fingerprint density at radius 3 is 1.47 bits per heavy atom. The first-order valence-corrected chi connectivity index (χ1v) is 15.0. The third-order valence-electron chi connectivity index (χ3n) is 6.35. The number of thioether (sulfide) groups is 3. The zero-order valence-corrected chi connectivity index (χ0v) is 23.3. The van der Waals surface area contributed by atoms with Gasteiger partial charge in [-0.15, -0.1) is 35.3 Å². The monoisotopic (exact) mass is 530 g/mol. The van der Waals surface area contributed by atoms with E-state index in [2.05, 4.69) is 122 Å². The molecule has 0 bridgehead atoms. The molecule has 36 heavy (non-hydrogen) atoms. The van der Waals surface area contributed by atoms with Crippen LogP contribution in [0.3, 0.4) is 0 Å². The van der Waals surface area contributed by atoms with Crippen LogP contribution in [0.15, 0.2) is 136 Å². The highest BCUT2D eigenvalue weighted by Gasteiger charge is 2.44. The van der Waals surface area contributed by atoms with Crippen LogP contribution in [-0.4, -0.2) is 20.5 Å². The molecule has 0 unspecified atom stereocenters. The van der Waals surface area contributed by atoms with Crippen LogP contribution in [0.25, 0.3) is 0 Å². The maximum atomic E-state index is 11.1. The first-order chi connectivity index (χ1) is 17.6. The van der Waals surface area contributed by atoms with Gasteiger partial charge >= 0.3 is 0 Å². The lowest BCUT2D eigenvalue weighted by Gasteiger charge is -2.43. The predicted molar refractivity (Wildman–Crippen MR) is 159 cm³/mol. The standard InChI is InChI=1S/C32H34OS3/c1-25(31(26(2)33)34-28-17-9-4-10-18-28)32(35-29-19-11-5-12-20-29,36-30-21-13-6-14-22-30)24-23-27-15-7-3-8-16-27/h3-22,25-26,31,33H,23-24H2,1-2H3/t25-,26+,31-/m0/s1. The van der Waals surface area contributed by atoms with Gasteiger partial charge in [0.25, 0.3) is 0 Å². The molecular formula is C32H34OS3. The summed E-state index contributed by atoms with van der Waals surface area (Å²) in [6.45, 7) is 4.28. The molecule has 0 spiro atoms. The topological polar surface area (TPSA) is 20.2 Å². The van der Waals surface area contributed by atoms with E-state index in [1.165, 1.54) is 20.2 Å². The van der Waals surface area contributed by atoms with Crippen molar-refractivity contribution in [1.29, 1.82) is 0 Å². The number of hydrogen-bond acceptors (Lipinski definition) is 4. The minimum atomic E-state index is -0.450. The summed E-state index contributed by atoms with van der Waals surface area (Å²) in [6, 6.07) is 42.7. The highest BCUT2D eigenvalue weighted by molar-refractivity contribution is 8.18. The van der Waals surface area contributed by atoms with E-state index in [1.54, 1.807) is 11.8 Å². The van der Waals surface area contributed by atoms with E-state index in [4.69, 9.17) is 0 Å². The van der Waals surface area contributed by atoms with Gasteiger partial charge in [0, 0.05) is 19.9 Å². The predicted octanol–water partition coefficient (Wildman–Crippen LogP) is 9.08. The molecule has 3 atom stereocenters. The average Bonchev–Trinajstić information content (AvgIpc) is 2.92. The zero-order chi connectivity index (χ0) is 25.2. The third kappa shape index (κ3) is 7.45. The smallest absolute Gasteiger partial charge is 0.0745 e. The molecule has 0 aliphatic heterocycles. The molecule has 0 aromatic heterocycles. The molecule has 4 aromatic rings. The summed E-state index contributed by atoms with van der Waals surface area (Å²) in [4.78, 5) is 3.71. The molecule has 0 fully saturated rings. The molecule has 4 heteroatoms. The van der Waals surface area contributed by atoms with Gasteiger partial charge in [-0.25, -0.2) is 0 Å². The minimum Gasteiger partial charge on any atom is -0.392 e. The van der Waals surface area contributed by atoms with Crippen LogP contribution in [-0.2, 0) is 6.42 Å². The van der Waals surface area contributed by atoms with Crippen LogP contribution < -0.4 is 0 Å². The Morgan fingerprint density at radius 1 is 0.611 bits per heavy atom. The molecule has 0 radical (unpaired) electrons. The van der Waals surface area contributed by atoms with Crippen molar-refractivity contribution < 1.29 is 5.11 Å². The van der Waals surface area contributed by atoms with E-state index < -0.39 is 6.10 Å². The lowest BCUT2D eigenvalue weighted by molar-refractivity contribution is 0.168. The van der Waals surface area contributed by atoms with Gasteiger partial charge in [-0.3, -0.25) is 0 Å². The van der Waals surface area contributed by atoms with E-state index in [1.807, 2.05) is 36.5 Å². The summed E-state index contributed by atoms with van der Waals surface area (Å²) < 4.78 is -0.192. The van der Waals surface area contributed by atoms with Crippen LogP contribution in [0.5, 0.6) is 0 Å². The number of aliphatic hydroxyl groups excluding tert-OH is 1. The van der Waals surface area contributed by atoms with Crippen LogP contribution in [0, 0.1) is 5.92 Å². The summed E-state index contributed by atoms with van der Waals surface area (Å²) >= 11 is 5.70. The Hall–Kier alpha value is -2.11. The number of aryl methyl sites for hydroxylation is 1. The van der Waals surface area contributed by atoms with Crippen LogP contribution in [0.1, 0.15) is 25.8 Å². The molecule has 0 amide bonds. The maximum absolute atomic E-state index is 11.1. The summed E-state index contributed by atoms with van der Waals surface area (Å²) in [5, 5.41) is 11.1. The van der Waals surface area contributed by atoms with Gasteiger partial charge in [0.2, 0.25) is 0 Å². The van der Waals surface area contributed by atoms with Crippen molar-refractivity contribution in [1.82, 2.24) is 0 Å². The largest absolute Gasteiger partial charge is 0.392 e. The molecule has 0 heterocycles. The molecule has 0 aliphatic carbocycles. The Kier molecular flexibility index (Phi) is 10.1. The van der Waals surface area contributed by atoms with Crippen molar-refractivity contribution in [3.8, 4) is 0 Å². The zero-order valence-electron chi connectivity index (χ0n) is 20.9. The summed E-state index contributed by atoms with van der Waals surface area (Å²) in [7, 11) is 0. The number of hydrogen-bond donors (Lipinski definition) is 1. The molecule has 1 nitrogen and oxygen atoms in total. The minimum absolute atomic E-state index is 0.0376. The first-order valence-electron chi connectivity index (χ1n) is 12.5. The van der Waals surface area contributed by atoms with Gasteiger partial charge in [-0.2, -0.15) is 0 Å². The van der Waals surface area contributed by atoms with E-state index in [-0.39, 0.29) is 15.2 Å². The van der Waals surface area contributed by atoms with Crippen LogP contribution in [0.4, 0.5) is 0 Å². The van der Waals surface area contributed by atoms with Gasteiger partial charge in [0.05, 0.1) is 10.2 Å². The Morgan fingerprint density at radius 2 is 1.03 bits per heavy atom. The number of benzene rings is 4.